The van der Waals surface area contributed by atoms with Gasteiger partial charge in [0.05, 0.1) is 6.54 Å². The van der Waals surface area contributed by atoms with Crippen LogP contribution in [0.1, 0.15) is 39.0 Å². The van der Waals surface area contributed by atoms with Crippen LogP contribution in [-0.4, -0.2) is 25.0 Å². The van der Waals surface area contributed by atoms with E-state index in [2.05, 4.69) is 22.5 Å². The van der Waals surface area contributed by atoms with Crippen LogP contribution in [0.3, 0.4) is 0 Å². The van der Waals surface area contributed by atoms with Gasteiger partial charge in [-0.15, -0.1) is 11.8 Å². The Bertz CT molecular complexity index is 246. The van der Waals surface area contributed by atoms with Crippen molar-refractivity contribution in [2.75, 3.05) is 13.1 Å². The minimum Gasteiger partial charge on any atom is -0.354 e. The molecule has 1 rings (SSSR count). The summed E-state index contributed by atoms with van der Waals surface area (Å²) in [7, 11) is 0. The lowest BCUT2D eigenvalue weighted by molar-refractivity contribution is -0.120. The van der Waals surface area contributed by atoms with Gasteiger partial charge in [-0.1, -0.05) is 12.8 Å². The van der Waals surface area contributed by atoms with Crippen LogP contribution in [0.2, 0.25) is 0 Å². The fourth-order valence-corrected chi connectivity index (χ4v) is 1.82. The third kappa shape index (κ3) is 5.44. The smallest absolute Gasteiger partial charge is 0.233 e. The van der Waals surface area contributed by atoms with Gasteiger partial charge in [-0.05, 0) is 19.8 Å². The van der Waals surface area contributed by atoms with Crippen molar-refractivity contribution in [1.29, 1.82) is 0 Å². The van der Waals surface area contributed by atoms with Gasteiger partial charge in [0, 0.05) is 19.0 Å². The van der Waals surface area contributed by atoms with Gasteiger partial charge in [-0.3, -0.25) is 4.79 Å². The van der Waals surface area contributed by atoms with Crippen LogP contribution in [0.4, 0.5) is 0 Å². The highest BCUT2D eigenvalue weighted by Crippen LogP contribution is 2.16. The van der Waals surface area contributed by atoms with Crippen molar-refractivity contribution in [3.05, 3.63) is 0 Å². The van der Waals surface area contributed by atoms with Gasteiger partial charge >= 0.3 is 0 Å². The number of hydrogen-bond donors (Lipinski definition) is 2. The number of amides is 1. The first-order chi connectivity index (χ1) is 7.33. The molecule has 2 N–H and O–H groups in total. The van der Waals surface area contributed by atoms with E-state index in [1.165, 1.54) is 25.7 Å². The summed E-state index contributed by atoms with van der Waals surface area (Å²) in [5.74, 6) is 5.80. The van der Waals surface area contributed by atoms with Crippen LogP contribution < -0.4 is 10.6 Å². The van der Waals surface area contributed by atoms with E-state index in [0.717, 1.165) is 6.42 Å². The van der Waals surface area contributed by atoms with E-state index in [1.807, 2.05) is 6.92 Å². The van der Waals surface area contributed by atoms with Gasteiger partial charge in [-0.2, -0.15) is 0 Å². The first-order valence-electron chi connectivity index (χ1n) is 5.72. The van der Waals surface area contributed by atoms with E-state index >= 15 is 0 Å². The highest BCUT2D eigenvalue weighted by Gasteiger charge is 2.14. The van der Waals surface area contributed by atoms with Crippen LogP contribution in [0.25, 0.3) is 0 Å². The van der Waals surface area contributed by atoms with E-state index in [0.29, 0.717) is 19.1 Å². The molecule has 0 aliphatic heterocycles. The predicted octanol–water partition coefficient (Wildman–Crippen LogP) is 1.05. The van der Waals surface area contributed by atoms with Crippen molar-refractivity contribution in [2.45, 2.75) is 45.1 Å². The van der Waals surface area contributed by atoms with Crippen LogP contribution >= 0.6 is 0 Å². The minimum atomic E-state index is 0.0832. The second-order valence-electron chi connectivity index (χ2n) is 3.89. The van der Waals surface area contributed by atoms with Gasteiger partial charge < -0.3 is 10.6 Å². The average Bonchev–Trinajstić information content (AvgIpc) is 2.74. The average molecular weight is 208 g/mol. The molecule has 0 radical (unpaired) electrons. The highest BCUT2D eigenvalue weighted by molar-refractivity contribution is 5.78. The number of carbonyl (C=O) groups is 1. The van der Waals surface area contributed by atoms with E-state index in [-0.39, 0.29) is 5.91 Å². The molecule has 15 heavy (non-hydrogen) atoms. The van der Waals surface area contributed by atoms with Crippen molar-refractivity contribution in [1.82, 2.24) is 10.6 Å². The summed E-state index contributed by atoms with van der Waals surface area (Å²) < 4.78 is 0. The summed E-state index contributed by atoms with van der Waals surface area (Å²) >= 11 is 0. The Balaban J connectivity index is 1.99. The number of nitrogens with one attached hydrogen (secondary N) is 2. The molecule has 0 spiro atoms. The maximum atomic E-state index is 11.3. The van der Waals surface area contributed by atoms with Gasteiger partial charge in [-0.25, -0.2) is 0 Å². The molecule has 1 fully saturated rings. The Morgan fingerprint density at radius 2 is 2.13 bits per heavy atom. The maximum absolute atomic E-state index is 11.3. The second kappa shape index (κ2) is 7.30. The molecule has 3 nitrogen and oxygen atoms in total. The molecule has 0 bridgehead atoms. The number of rotatable bonds is 5. The van der Waals surface area contributed by atoms with Crippen molar-refractivity contribution in [3.63, 3.8) is 0 Å². The minimum absolute atomic E-state index is 0.0832. The van der Waals surface area contributed by atoms with Gasteiger partial charge in [0.25, 0.3) is 0 Å². The molecule has 1 aliphatic carbocycles. The Morgan fingerprint density at radius 3 is 2.80 bits per heavy atom. The Labute approximate surface area is 92.0 Å². The van der Waals surface area contributed by atoms with E-state index in [9.17, 15) is 4.79 Å². The topological polar surface area (TPSA) is 41.1 Å². The van der Waals surface area contributed by atoms with Crippen LogP contribution in [0.5, 0.6) is 0 Å². The van der Waals surface area contributed by atoms with Crippen LogP contribution in [0, 0.1) is 11.8 Å². The Kier molecular flexibility index (Phi) is 5.87. The van der Waals surface area contributed by atoms with E-state index < -0.39 is 0 Å². The van der Waals surface area contributed by atoms with Crippen molar-refractivity contribution >= 4 is 5.91 Å². The largest absolute Gasteiger partial charge is 0.354 e. The van der Waals surface area contributed by atoms with Crippen molar-refractivity contribution in [3.8, 4) is 11.8 Å². The SMILES string of the molecule is CC#CCCNC(=O)CNC1CCCC1. The molecule has 0 aromatic heterocycles. The summed E-state index contributed by atoms with van der Waals surface area (Å²) in [5, 5.41) is 6.11. The molecule has 84 valence electrons. The normalized spacial score (nSPS) is 15.8. The Morgan fingerprint density at radius 1 is 1.40 bits per heavy atom. The molecule has 0 aromatic carbocycles. The van der Waals surface area contributed by atoms with Crippen LogP contribution in [-0.2, 0) is 4.79 Å². The summed E-state index contributed by atoms with van der Waals surface area (Å²) in [4.78, 5) is 11.3. The zero-order valence-corrected chi connectivity index (χ0v) is 9.44. The zero-order valence-electron chi connectivity index (χ0n) is 9.44. The molecular weight excluding hydrogens is 188 g/mol. The lowest BCUT2D eigenvalue weighted by atomic mass is 10.2. The second-order valence-corrected chi connectivity index (χ2v) is 3.89. The zero-order chi connectivity index (χ0) is 10.9. The standard InChI is InChI=1S/C12H20N2O/c1-2-3-6-9-13-12(15)10-14-11-7-4-5-8-11/h11,14H,4-10H2,1H3,(H,13,15). The molecular formula is C12H20N2O. The molecule has 0 unspecified atom stereocenters. The highest BCUT2D eigenvalue weighted by atomic mass is 16.1. The molecule has 0 atom stereocenters. The van der Waals surface area contributed by atoms with Crippen molar-refractivity contribution < 1.29 is 4.79 Å². The quantitative estimate of drug-likeness (QED) is 0.524. The third-order valence-corrected chi connectivity index (χ3v) is 2.66. The molecule has 0 aromatic rings. The number of hydrogen-bond acceptors (Lipinski definition) is 2. The molecule has 1 aliphatic rings. The van der Waals surface area contributed by atoms with Crippen molar-refractivity contribution in [2.24, 2.45) is 0 Å². The molecule has 0 heterocycles. The summed E-state index contributed by atoms with van der Waals surface area (Å²) in [6.45, 7) is 2.92. The lowest BCUT2D eigenvalue weighted by Crippen LogP contribution is -2.38. The molecule has 1 amide bonds. The fraction of sp³-hybridized carbons (Fsp3) is 0.750. The molecule has 1 saturated carbocycles. The van der Waals surface area contributed by atoms with Gasteiger partial charge in [0.15, 0.2) is 0 Å². The summed E-state index contributed by atoms with van der Waals surface area (Å²) in [6, 6.07) is 0.561. The van der Waals surface area contributed by atoms with Gasteiger partial charge in [0.2, 0.25) is 5.91 Å². The molecule has 0 saturated heterocycles. The molecule has 3 heteroatoms. The maximum Gasteiger partial charge on any atom is 0.233 e. The first-order valence-corrected chi connectivity index (χ1v) is 5.72. The first kappa shape index (κ1) is 12.1. The van der Waals surface area contributed by atoms with Crippen LogP contribution in [0.15, 0.2) is 0 Å². The fourth-order valence-electron chi connectivity index (χ4n) is 1.82. The summed E-state index contributed by atoms with van der Waals surface area (Å²) in [6.07, 6.45) is 5.77. The third-order valence-electron chi connectivity index (χ3n) is 2.66. The van der Waals surface area contributed by atoms with Gasteiger partial charge in [0.1, 0.15) is 0 Å². The Hall–Kier alpha value is -1.01. The lowest BCUT2D eigenvalue weighted by Gasteiger charge is -2.11. The van der Waals surface area contributed by atoms with E-state index in [4.69, 9.17) is 0 Å². The monoisotopic (exact) mass is 208 g/mol. The summed E-state index contributed by atoms with van der Waals surface area (Å²) in [5.41, 5.74) is 0. The number of carbonyl (C=O) groups excluding carboxylic acids is 1. The predicted molar refractivity (Wildman–Crippen MR) is 61.3 cm³/mol. The van der Waals surface area contributed by atoms with E-state index in [1.54, 1.807) is 0 Å².